The van der Waals surface area contributed by atoms with Gasteiger partial charge in [-0.05, 0) is 134 Å². The van der Waals surface area contributed by atoms with Crippen LogP contribution in [0.3, 0.4) is 0 Å². The van der Waals surface area contributed by atoms with Crippen molar-refractivity contribution >= 4 is 39.9 Å². The Bertz CT molecular complexity index is 2650. The molecule has 5 aliphatic rings. The minimum atomic E-state index is 0.366. The molecule has 1 nitrogen and oxygen atoms in total. The van der Waals surface area contributed by atoms with Crippen LogP contribution in [-0.2, 0) is 12.8 Å². The molecule has 5 aromatic carbocycles. The van der Waals surface area contributed by atoms with Gasteiger partial charge in [-0.3, -0.25) is 0 Å². The zero-order chi connectivity index (χ0) is 36.0. The summed E-state index contributed by atoms with van der Waals surface area (Å²) in [5.41, 5.74) is 19.2. The number of rotatable bonds is 6. The highest BCUT2D eigenvalue weighted by Crippen LogP contribution is 2.44. The third-order valence-electron chi connectivity index (χ3n) is 11.6. The molecule has 1 heteroatoms. The molecule has 0 spiro atoms. The van der Waals surface area contributed by atoms with Crippen molar-refractivity contribution in [3.05, 3.63) is 243 Å². The lowest BCUT2D eigenvalue weighted by atomic mass is 9.82. The van der Waals surface area contributed by atoms with Gasteiger partial charge in [0, 0.05) is 17.3 Å². The third-order valence-corrected chi connectivity index (χ3v) is 11.6. The molecule has 0 saturated carbocycles. The quantitative estimate of drug-likeness (QED) is 0.171. The van der Waals surface area contributed by atoms with E-state index in [9.17, 15) is 0 Å². The Kier molecular flexibility index (Phi) is 8.07. The van der Waals surface area contributed by atoms with Crippen molar-refractivity contribution in [3.8, 4) is 0 Å². The summed E-state index contributed by atoms with van der Waals surface area (Å²) in [6.07, 6.45) is 29.2. The van der Waals surface area contributed by atoms with Gasteiger partial charge in [0.15, 0.2) is 0 Å². The second-order valence-corrected chi connectivity index (χ2v) is 14.9. The van der Waals surface area contributed by atoms with Gasteiger partial charge in [0.2, 0.25) is 0 Å². The topological polar surface area (TPSA) is 3.24 Å². The number of anilines is 2. The highest BCUT2D eigenvalue weighted by Gasteiger charge is 2.26. The highest BCUT2D eigenvalue weighted by molar-refractivity contribution is 5.95. The summed E-state index contributed by atoms with van der Waals surface area (Å²) in [5.74, 6) is 0.366. The molecular weight excluding hydrogens is 651 g/mol. The molecule has 0 N–H and O–H groups in total. The molecule has 4 aliphatic carbocycles. The molecule has 5 aromatic rings. The first-order valence-corrected chi connectivity index (χ1v) is 19.2. The van der Waals surface area contributed by atoms with Gasteiger partial charge in [0.1, 0.15) is 0 Å². The molecule has 10 rings (SSSR count). The minimum absolute atomic E-state index is 0.366. The number of benzene rings is 5. The molecule has 1 heterocycles. The predicted octanol–water partition coefficient (Wildman–Crippen LogP) is 13.4. The summed E-state index contributed by atoms with van der Waals surface area (Å²) in [6, 6.07) is 42.3. The van der Waals surface area contributed by atoms with Crippen LogP contribution in [0.15, 0.2) is 216 Å². The van der Waals surface area contributed by atoms with Crippen molar-refractivity contribution < 1.29 is 0 Å². The summed E-state index contributed by atoms with van der Waals surface area (Å²) < 4.78 is 0. The Morgan fingerprint density at radius 2 is 1.61 bits per heavy atom. The molecule has 1 atom stereocenters. The fraction of sp³-hybridized carbons (Fsp3) is 0.0943. The Morgan fingerprint density at radius 3 is 2.54 bits per heavy atom. The minimum Gasteiger partial charge on any atom is -0.310 e. The lowest BCUT2D eigenvalue weighted by Crippen LogP contribution is -2.18. The second kappa shape index (κ2) is 13.5. The molecule has 0 bridgehead atoms. The molecule has 0 fully saturated rings. The maximum atomic E-state index is 4.44. The third kappa shape index (κ3) is 5.83. The van der Waals surface area contributed by atoms with Crippen LogP contribution in [0.25, 0.3) is 28.5 Å². The average Bonchev–Trinajstić information content (AvgIpc) is 3.99. The van der Waals surface area contributed by atoms with Crippen LogP contribution in [0.2, 0.25) is 0 Å². The predicted molar refractivity (Wildman–Crippen MR) is 229 cm³/mol. The monoisotopic (exact) mass is 691 g/mol. The van der Waals surface area contributed by atoms with Crippen LogP contribution in [0, 0.1) is 5.92 Å². The van der Waals surface area contributed by atoms with Crippen molar-refractivity contribution in [2.75, 3.05) is 4.90 Å². The van der Waals surface area contributed by atoms with E-state index in [4.69, 9.17) is 0 Å². The summed E-state index contributed by atoms with van der Waals surface area (Å²) in [4.78, 5) is 2.43. The average molecular weight is 692 g/mol. The first-order chi connectivity index (χ1) is 26.7. The molecular formula is C53H41N. The van der Waals surface area contributed by atoms with Crippen molar-refractivity contribution in [1.29, 1.82) is 0 Å². The van der Waals surface area contributed by atoms with E-state index in [2.05, 4.69) is 194 Å². The highest BCUT2D eigenvalue weighted by atomic mass is 15.2. The number of allylic oxidation sites excluding steroid dienone is 16. The van der Waals surface area contributed by atoms with Crippen LogP contribution in [0.4, 0.5) is 11.4 Å². The van der Waals surface area contributed by atoms with Gasteiger partial charge in [0.25, 0.3) is 0 Å². The normalized spacial score (nSPS) is 20.2. The van der Waals surface area contributed by atoms with E-state index in [0.29, 0.717) is 5.92 Å². The van der Waals surface area contributed by atoms with E-state index in [-0.39, 0.29) is 0 Å². The van der Waals surface area contributed by atoms with Crippen LogP contribution in [0.1, 0.15) is 40.7 Å². The van der Waals surface area contributed by atoms with E-state index in [0.717, 1.165) is 36.9 Å². The lowest BCUT2D eigenvalue weighted by Gasteiger charge is -2.30. The van der Waals surface area contributed by atoms with Crippen LogP contribution in [-0.4, -0.2) is 0 Å². The van der Waals surface area contributed by atoms with Crippen molar-refractivity contribution in [2.45, 2.75) is 25.7 Å². The summed E-state index contributed by atoms with van der Waals surface area (Å²) in [6.45, 7) is 4.44. The fourth-order valence-corrected chi connectivity index (χ4v) is 8.94. The largest absolute Gasteiger partial charge is 0.310 e. The van der Waals surface area contributed by atoms with Crippen molar-refractivity contribution in [1.82, 2.24) is 0 Å². The molecule has 0 radical (unpaired) electrons. The summed E-state index contributed by atoms with van der Waals surface area (Å²) >= 11 is 0. The second-order valence-electron chi connectivity index (χ2n) is 14.9. The van der Waals surface area contributed by atoms with Crippen LogP contribution < -0.4 is 4.90 Å². The molecule has 1 aliphatic heterocycles. The maximum Gasteiger partial charge on any atom is 0.0534 e. The van der Waals surface area contributed by atoms with Gasteiger partial charge in [-0.25, -0.2) is 0 Å². The lowest BCUT2D eigenvalue weighted by molar-refractivity contribution is 0.781. The van der Waals surface area contributed by atoms with E-state index >= 15 is 0 Å². The molecule has 0 amide bonds. The van der Waals surface area contributed by atoms with Gasteiger partial charge in [0.05, 0.1) is 5.69 Å². The van der Waals surface area contributed by atoms with Gasteiger partial charge in [-0.1, -0.05) is 158 Å². The summed E-state index contributed by atoms with van der Waals surface area (Å²) in [5, 5.41) is 2.70. The molecule has 0 aromatic heterocycles. The zero-order valence-corrected chi connectivity index (χ0v) is 30.4. The first kappa shape index (κ1) is 32.2. The van der Waals surface area contributed by atoms with Gasteiger partial charge in [-0.15, -0.1) is 0 Å². The van der Waals surface area contributed by atoms with Crippen molar-refractivity contribution in [3.63, 3.8) is 0 Å². The Morgan fingerprint density at radius 1 is 0.778 bits per heavy atom. The zero-order valence-electron chi connectivity index (χ0n) is 30.4. The van der Waals surface area contributed by atoms with Crippen LogP contribution >= 0.6 is 0 Å². The maximum absolute atomic E-state index is 4.44. The molecule has 54 heavy (non-hydrogen) atoms. The molecule has 1 unspecified atom stereocenters. The number of para-hydroxylation sites is 1. The van der Waals surface area contributed by atoms with Crippen LogP contribution in [0.5, 0.6) is 0 Å². The Labute approximate surface area is 318 Å². The first-order valence-electron chi connectivity index (χ1n) is 19.2. The number of hydrogen-bond acceptors (Lipinski definition) is 1. The summed E-state index contributed by atoms with van der Waals surface area (Å²) in [7, 11) is 0. The number of fused-ring (bicyclic) bond motifs is 2. The smallest absolute Gasteiger partial charge is 0.0534 e. The fourth-order valence-electron chi connectivity index (χ4n) is 8.94. The Hall–Kier alpha value is -6.44. The number of hydrogen-bond donors (Lipinski definition) is 0. The number of nitrogens with zero attached hydrogens (tertiary/aromatic N) is 1. The standard InChI is InChI=1S/C53H41N/c1-36-26-27-38-14-5-6-24-51(38)54(52-25-11-22-49(36)52)48-21-9-17-40(35-48)41-28-29-42(31-41)46(30-37-12-3-2-4-13-37)34-47-33-45-20-8-16-39-15-7-19-44(53(39)45)32-43-18-10-23-50(43)47/h2-21,23-29,33-35,43H,1,22,30-32H2/b27-26-,46-34+,47-33-. The van der Waals surface area contributed by atoms with Gasteiger partial charge >= 0.3 is 0 Å². The van der Waals surface area contributed by atoms with Crippen molar-refractivity contribution in [2.24, 2.45) is 5.92 Å². The van der Waals surface area contributed by atoms with E-state index in [1.165, 1.54) is 83.4 Å². The molecule has 0 saturated heterocycles. The van der Waals surface area contributed by atoms with E-state index in [1.807, 2.05) is 0 Å². The SMILES string of the molecule is C=C1/C=C\c2ccccc2N(c2cccc(C3=CC=C(/C(=C/C4=C/c5cccc6cccc(c56)CC5C=CC=C45)Cc4ccccc4)C3)c2)C2=C1CC=C2. The Balaban J connectivity index is 1.03. The van der Waals surface area contributed by atoms with Gasteiger partial charge < -0.3 is 4.90 Å². The van der Waals surface area contributed by atoms with E-state index < -0.39 is 0 Å². The molecule has 258 valence electrons. The van der Waals surface area contributed by atoms with Gasteiger partial charge in [-0.2, -0.15) is 0 Å². The van der Waals surface area contributed by atoms with E-state index in [1.54, 1.807) is 0 Å².